The van der Waals surface area contributed by atoms with Gasteiger partial charge in [-0.05, 0) is 48.5 Å². The zero-order valence-electron chi connectivity index (χ0n) is 15.7. The minimum atomic E-state index is -0.533. The fourth-order valence-electron chi connectivity index (χ4n) is 2.66. The molecular formula is C21H17ClN4O3. The average molecular weight is 409 g/mol. The molecule has 2 N–H and O–H groups in total. The summed E-state index contributed by atoms with van der Waals surface area (Å²) in [6, 6.07) is 13.9. The van der Waals surface area contributed by atoms with Crippen LogP contribution < -0.4 is 14.8 Å². The molecule has 0 bridgehead atoms. The van der Waals surface area contributed by atoms with E-state index in [0.717, 1.165) is 5.56 Å². The third-order valence-corrected chi connectivity index (χ3v) is 4.36. The zero-order valence-corrected chi connectivity index (χ0v) is 16.4. The first-order chi connectivity index (χ1) is 14.0. The molecule has 0 radical (unpaired) electrons. The fraction of sp³-hybridized carbons (Fsp3) is 0.0952. The van der Waals surface area contributed by atoms with Gasteiger partial charge in [0.2, 0.25) is 0 Å². The fourth-order valence-corrected chi connectivity index (χ4v) is 2.79. The van der Waals surface area contributed by atoms with Crippen LogP contribution in [0, 0.1) is 11.3 Å². The predicted octanol–water partition coefficient (Wildman–Crippen LogP) is 4.29. The number of anilines is 1. The van der Waals surface area contributed by atoms with E-state index >= 15 is 0 Å². The van der Waals surface area contributed by atoms with Gasteiger partial charge in [0.15, 0.2) is 11.5 Å². The standard InChI is InChI=1S/C21H17ClN4O3/c1-28-18-8-3-13(10-19(18)29-2)20-15(12-24-26-20)9-14(11-23)21(27)25-17-6-4-16(22)5-7-17/h3-10,12H,1-2H3,(H,24,26)(H,25,27). The van der Waals surface area contributed by atoms with Crippen LogP contribution in [-0.2, 0) is 4.79 Å². The number of hydrogen-bond acceptors (Lipinski definition) is 5. The number of carbonyl (C=O) groups is 1. The van der Waals surface area contributed by atoms with Gasteiger partial charge in [0.05, 0.1) is 26.1 Å². The molecule has 2 aromatic carbocycles. The Morgan fingerprint density at radius 2 is 1.90 bits per heavy atom. The second-order valence-electron chi connectivity index (χ2n) is 5.90. The molecule has 8 heteroatoms. The lowest BCUT2D eigenvalue weighted by molar-refractivity contribution is -0.112. The summed E-state index contributed by atoms with van der Waals surface area (Å²) in [5.74, 6) is 0.609. The van der Waals surface area contributed by atoms with E-state index in [4.69, 9.17) is 21.1 Å². The average Bonchev–Trinajstić information content (AvgIpc) is 3.21. The highest BCUT2D eigenvalue weighted by molar-refractivity contribution is 6.30. The first-order valence-electron chi connectivity index (χ1n) is 8.50. The molecule has 0 fully saturated rings. The molecule has 146 valence electrons. The maximum atomic E-state index is 12.5. The number of nitrogens with zero attached hydrogens (tertiary/aromatic N) is 2. The van der Waals surface area contributed by atoms with Crippen LogP contribution in [0.15, 0.2) is 54.2 Å². The smallest absolute Gasteiger partial charge is 0.266 e. The van der Waals surface area contributed by atoms with Gasteiger partial charge < -0.3 is 14.8 Å². The van der Waals surface area contributed by atoms with E-state index in [-0.39, 0.29) is 5.57 Å². The number of amides is 1. The van der Waals surface area contributed by atoms with Crippen LogP contribution in [0.2, 0.25) is 5.02 Å². The van der Waals surface area contributed by atoms with E-state index in [1.54, 1.807) is 56.8 Å². The number of aromatic nitrogens is 2. The number of hydrogen-bond donors (Lipinski definition) is 2. The third-order valence-electron chi connectivity index (χ3n) is 4.11. The number of nitrogens with one attached hydrogen (secondary N) is 2. The number of benzene rings is 2. The summed E-state index contributed by atoms with van der Waals surface area (Å²) < 4.78 is 10.6. The lowest BCUT2D eigenvalue weighted by Crippen LogP contribution is -2.13. The molecule has 0 saturated carbocycles. The lowest BCUT2D eigenvalue weighted by atomic mass is 10.1. The second-order valence-corrected chi connectivity index (χ2v) is 6.34. The first-order valence-corrected chi connectivity index (χ1v) is 8.88. The Morgan fingerprint density at radius 3 is 2.55 bits per heavy atom. The molecule has 0 saturated heterocycles. The molecule has 3 aromatic rings. The monoisotopic (exact) mass is 408 g/mol. The summed E-state index contributed by atoms with van der Waals surface area (Å²) in [5.41, 5.74) is 2.45. The van der Waals surface area contributed by atoms with Crippen molar-refractivity contribution >= 4 is 29.3 Å². The predicted molar refractivity (Wildman–Crippen MR) is 111 cm³/mol. The van der Waals surface area contributed by atoms with Crippen molar-refractivity contribution in [3.63, 3.8) is 0 Å². The summed E-state index contributed by atoms with van der Waals surface area (Å²) in [4.78, 5) is 12.5. The summed E-state index contributed by atoms with van der Waals surface area (Å²) >= 11 is 5.85. The van der Waals surface area contributed by atoms with E-state index in [1.165, 1.54) is 6.08 Å². The maximum Gasteiger partial charge on any atom is 0.266 e. The van der Waals surface area contributed by atoms with Gasteiger partial charge in [-0.1, -0.05) is 11.6 Å². The SMILES string of the molecule is COc1ccc(-c2[nH]ncc2C=C(C#N)C(=O)Nc2ccc(Cl)cc2)cc1OC. The van der Waals surface area contributed by atoms with E-state index < -0.39 is 5.91 Å². The third kappa shape index (κ3) is 4.57. The van der Waals surface area contributed by atoms with Gasteiger partial charge in [0, 0.05) is 21.8 Å². The Bertz CT molecular complexity index is 1100. The largest absolute Gasteiger partial charge is 0.493 e. The number of H-pyrrole nitrogens is 1. The van der Waals surface area contributed by atoms with Gasteiger partial charge in [-0.25, -0.2) is 0 Å². The van der Waals surface area contributed by atoms with Gasteiger partial charge >= 0.3 is 0 Å². The Hall–Kier alpha value is -3.76. The molecule has 0 atom stereocenters. The van der Waals surface area contributed by atoms with Crippen molar-refractivity contribution in [2.45, 2.75) is 0 Å². The van der Waals surface area contributed by atoms with Crippen LogP contribution in [0.25, 0.3) is 17.3 Å². The summed E-state index contributed by atoms with van der Waals surface area (Å²) in [5, 5.41) is 19.6. The van der Waals surface area contributed by atoms with Gasteiger partial charge in [-0.2, -0.15) is 10.4 Å². The molecule has 0 aliphatic carbocycles. The molecule has 1 heterocycles. The quantitative estimate of drug-likeness (QED) is 0.468. The number of aromatic amines is 1. The van der Waals surface area contributed by atoms with E-state index in [9.17, 15) is 10.1 Å². The Kier molecular flexibility index (Phi) is 6.17. The van der Waals surface area contributed by atoms with Crippen LogP contribution in [-0.4, -0.2) is 30.3 Å². The minimum Gasteiger partial charge on any atom is -0.493 e. The molecule has 29 heavy (non-hydrogen) atoms. The van der Waals surface area contributed by atoms with Crippen LogP contribution >= 0.6 is 11.6 Å². The van der Waals surface area contributed by atoms with Crippen molar-refractivity contribution in [1.29, 1.82) is 5.26 Å². The zero-order chi connectivity index (χ0) is 20.8. The number of carbonyl (C=O) groups excluding carboxylic acids is 1. The number of ether oxygens (including phenoxy) is 2. The number of methoxy groups -OCH3 is 2. The Balaban J connectivity index is 1.90. The Morgan fingerprint density at radius 1 is 1.17 bits per heavy atom. The summed E-state index contributed by atoms with van der Waals surface area (Å²) in [6.45, 7) is 0. The highest BCUT2D eigenvalue weighted by Gasteiger charge is 2.14. The van der Waals surface area contributed by atoms with Crippen molar-refractivity contribution < 1.29 is 14.3 Å². The molecular weight excluding hydrogens is 392 g/mol. The summed E-state index contributed by atoms with van der Waals surface area (Å²) in [7, 11) is 3.10. The number of halogens is 1. The lowest BCUT2D eigenvalue weighted by Gasteiger charge is -2.09. The van der Waals surface area contributed by atoms with E-state index in [0.29, 0.717) is 33.5 Å². The maximum absolute atomic E-state index is 12.5. The first kappa shape index (κ1) is 20.0. The minimum absolute atomic E-state index is 0.0666. The van der Waals surface area contributed by atoms with Crippen molar-refractivity contribution in [3.8, 4) is 28.8 Å². The van der Waals surface area contributed by atoms with Crippen LogP contribution in [0.1, 0.15) is 5.56 Å². The second kappa shape index (κ2) is 8.95. The Labute approximate surface area is 172 Å². The topological polar surface area (TPSA) is 100 Å². The van der Waals surface area contributed by atoms with Gasteiger partial charge in [0.25, 0.3) is 5.91 Å². The molecule has 0 unspecified atom stereocenters. The van der Waals surface area contributed by atoms with E-state index in [1.807, 2.05) is 12.1 Å². The molecule has 1 aromatic heterocycles. The van der Waals surface area contributed by atoms with Crippen molar-refractivity contribution in [1.82, 2.24) is 10.2 Å². The molecule has 3 rings (SSSR count). The van der Waals surface area contributed by atoms with E-state index in [2.05, 4.69) is 15.5 Å². The number of nitriles is 1. The van der Waals surface area contributed by atoms with Gasteiger partial charge in [-0.15, -0.1) is 0 Å². The van der Waals surface area contributed by atoms with Crippen molar-refractivity contribution in [2.75, 3.05) is 19.5 Å². The molecule has 1 amide bonds. The van der Waals surface area contributed by atoms with Crippen LogP contribution in [0.4, 0.5) is 5.69 Å². The molecule has 0 aliphatic rings. The van der Waals surface area contributed by atoms with Crippen LogP contribution in [0.3, 0.4) is 0 Å². The molecule has 0 aliphatic heterocycles. The highest BCUT2D eigenvalue weighted by atomic mass is 35.5. The highest BCUT2D eigenvalue weighted by Crippen LogP contribution is 2.33. The van der Waals surface area contributed by atoms with Gasteiger partial charge in [0.1, 0.15) is 11.6 Å². The van der Waals surface area contributed by atoms with Crippen molar-refractivity contribution in [2.24, 2.45) is 0 Å². The van der Waals surface area contributed by atoms with Gasteiger partial charge in [-0.3, -0.25) is 9.89 Å². The van der Waals surface area contributed by atoms with Crippen molar-refractivity contribution in [3.05, 3.63) is 64.8 Å². The summed E-state index contributed by atoms with van der Waals surface area (Å²) in [6.07, 6.45) is 3.01. The van der Waals surface area contributed by atoms with Crippen LogP contribution in [0.5, 0.6) is 11.5 Å². The molecule has 7 nitrogen and oxygen atoms in total. The molecule has 0 spiro atoms. The number of rotatable bonds is 6. The normalized spacial score (nSPS) is 10.9.